The van der Waals surface area contributed by atoms with Gasteiger partial charge in [0, 0.05) is 19.3 Å². The van der Waals surface area contributed by atoms with Crippen molar-refractivity contribution in [2.45, 2.75) is 51.9 Å². The summed E-state index contributed by atoms with van der Waals surface area (Å²) in [6.45, 7) is 4.88. The van der Waals surface area contributed by atoms with Crippen molar-refractivity contribution in [3.05, 3.63) is 0 Å². The molecule has 2 atom stereocenters. The van der Waals surface area contributed by atoms with Crippen molar-refractivity contribution >= 4 is 28.2 Å². The smallest absolute Gasteiger partial charge is 0.306 e. The van der Waals surface area contributed by atoms with Gasteiger partial charge in [0.05, 0.1) is 10.2 Å². The molecule has 0 aliphatic carbocycles. The summed E-state index contributed by atoms with van der Waals surface area (Å²) in [7, 11) is 1.38. The molecule has 6 nitrogen and oxygen atoms in total. The third-order valence-electron chi connectivity index (χ3n) is 2.25. The Morgan fingerprint density at radius 3 is 1.84 bits per heavy atom. The molecule has 0 bridgehead atoms. The molecule has 109 valence electrons. The zero-order valence-electron chi connectivity index (χ0n) is 11.6. The van der Waals surface area contributed by atoms with Gasteiger partial charge in [0.2, 0.25) is 0 Å². The lowest BCUT2D eigenvalue weighted by Gasteiger charge is -2.23. The van der Waals surface area contributed by atoms with Crippen LogP contribution in [0.4, 0.5) is 0 Å². The lowest BCUT2D eigenvalue weighted by Crippen LogP contribution is -2.39. The highest BCUT2D eigenvalue weighted by Gasteiger charge is 2.25. The first-order valence-electron chi connectivity index (χ1n) is 6.32. The Morgan fingerprint density at radius 2 is 1.37 bits per heavy atom. The molecule has 7 heteroatoms. The molecule has 0 aromatic rings. The van der Waals surface area contributed by atoms with Gasteiger partial charge in [-0.15, -0.1) is 0 Å². The van der Waals surface area contributed by atoms with Crippen molar-refractivity contribution in [2.75, 3.05) is 6.61 Å². The first-order valence-corrected chi connectivity index (χ1v) is 7.13. The van der Waals surface area contributed by atoms with E-state index in [0.717, 1.165) is 0 Å². The van der Waals surface area contributed by atoms with Crippen LogP contribution in [0.3, 0.4) is 0 Å². The minimum Gasteiger partial charge on any atom is -0.463 e. The van der Waals surface area contributed by atoms with E-state index in [4.69, 9.17) is 14.2 Å². The van der Waals surface area contributed by atoms with Crippen molar-refractivity contribution in [2.24, 2.45) is 0 Å². The molecular weight excluding hydrogens is 268 g/mol. The Balaban J connectivity index is 4.50. The second kappa shape index (κ2) is 9.54. The molecular formula is C12H21O6Si. The summed E-state index contributed by atoms with van der Waals surface area (Å²) in [4.78, 5) is 33.6. The van der Waals surface area contributed by atoms with Crippen LogP contribution < -0.4 is 0 Å². The van der Waals surface area contributed by atoms with E-state index in [2.05, 4.69) is 0 Å². The third-order valence-corrected chi connectivity index (χ3v) is 2.95. The van der Waals surface area contributed by atoms with Crippen LogP contribution in [0.5, 0.6) is 0 Å². The molecule has 0 fully saturated rings. The highest BCUT2D eigenvalue weighted by atomic mass is 28.1. The third kappa shape index (κ3) is 7.61. The van der Waals surface area contributed by atoms with E-state index in [1.807, 2.05) is 0 Å². The van der Waals surface area contributed by atoms with Gasteiger partial charge in [-0.2, -0.15) is 0 Å². The topological polar surface area (TPSA) is 78.9 Å². The molecule has 0 aromatic carbocycles. The van der Waals surface area contributed by atoms with E-state index in [0.29, 0.717) is 0 Å². The number of carbonyl (C=O) groups is 3. The fraction of sp³-hybridized carbons (Fsp3) is 0.750. The monoisotopic (exact) mass is 289 g/mol. The quantitative estimate of drug-likeness (QED) is 0.360. The van der Waals surface area contributed by atoms with Crippen LogP contribution >= 0.6 is 0 Å². The summed E-state index contributed by atoms with van der Waals surface area (Å²) in [5.74, 6) is -1.21. The Labute approximate surface area is 116 Å². The molecule has 0 saturated heterocycles. The van der Waals surface area contributed by atoms with Gasteiger partial charge in [0.1, 0.15) is 12.3 Å². The highest BCUT2D eigenvalue weighted by molar-refractivity contribution is 6.12. The highest BCUT2D eigenvalue weighted by Crippen LogP contribution is 2.06. The molecule has 19 heavy (non-hydrogen) atoms. The van der Waals surface area contributed by atoms with E-state index in [1.54, 1.807) is 20.8 Å². The minimum atomic E-state index is -0.767. The molecule has 0 aromatic heterocycles. The summed E-state index contributed by atoms with van der Waals surface area (Å²) in [6.07, 6.45) is -0.0926. The maximum atomic E-state index is 11.3. The van der Waals surface area contributed by atoms with Crippen molar-refractivity contribution in [1.82, 2.24) is 0 Å². The first kappa shape index (κ1) is 17.6. The molecule has 0 heterocycles. The number of hydrogen-bond acceptors (Lipinski definition) is 6. The lowest BCUT2D eigenvalue weighted by atomic mass is 10.3. The average Bonchev–Trinajstić information content (AvgIpc) is 2.41. The summed E-state index contributed by atoms with van der Waals surface area (Å²) in [6, 6.07) is 0. The molecule has 0 N–H and O–H groups in total. The second-order valence-electron chi connectivity index (χ2n) is 3.80. The van der Waals surface area contributed by atoms with E-state index < -0.39 is 23.8 Å². The molecule has 0 aliphatic rings. The number of hydrogen-bond donors (Lipinski definition) is 0. The van der Waals surface area contributed by atoms with Crippen molar-refractivity contribution in [1.29, 1.82) is 0 Å². The van der Waals surface area contributed by atoms with Crippen LogP contribution in [0.25, 0.3) is 0 Å². The van der Waals surface area contributed by atoms with Gasteiger partial charge in [-0.25, -0.2) is 0 Å². The van der Waals surface area contributed by atoms with Crippen molar-refractivity contribution < 1.29 is 28.6 Å². The Bertz CT molecular complexity index is 317. The zero-order valence-corrected chi connectivity index (χ0v) is 13.1. The largest absolute Gasteiger partial charge is 0.463 e. The van der Waals surface area contributed by atoms with Gasteiger partial charge in [-0.3, -0.25) is 14.4 Å². The molecule has 2 unspecified atom stereocenters. The van der Waals surface area contributed by atoms with Gasteiger partial charge in [0.25, 0.3) is 0 Å². The Morgan fingerprint density at radius 1 is 0.895 bits per heavy atom. The van der Waals surface area contributed by atoms with Crippen molar-refractivity contribution in [3.63, 3.8) is 0 Å². The first-order chi connectivity index (χ1) is 8.94. The second-order valence-corrected chi connectivity index (χ2v) is 4.61. The van der Waals surface area contributed by atoms with Gasteiger partial charge < -0.3 is 14.2 Å². The van der Waals surface area contributed by atoms with Crippen LogP contribution in [-0.4, -0.2) is 46.6 Å². The number of carbonyl (C=O) groups excluding carboxylic acids is 3. The fourth-order valence-corrected chi connectivity index (χ4v) is 1.49. The van der Waals surface area contributed by atoms with Crippen LogP contribution in [0.1, 0.15) is 40.0 Å². The SMILES string of the molecule is CCC(=O)OCC(OC(=O)CC)C([SiH2])OC(=O)CC. The van der Waals surface area contributed by atoms with Gasteiger partial charge in [-0.1, -0.05) is 20.8 Å². The minimum absolute atomic E-state index is 0.108. The summed E-state index contributed by atoms with van der Waals surface area (Å²) >= 11 is 0. The van der Waals surface area contributed by atoms with Crippen LogP contribution in [0.15, 0.2) is 0 Å². The summed E-state index contributed by atoms with van der Waals surface area (Å²) in [5, 5.41) is 0. The predicted molar refractivity (Wildman–Crippen MR) is 70.1 cm³/mol. The average molecular weight is 289 g/mol. The van der Waals surface area contributed by atoms with E-state index in [1.165, 1.54) is 10.2 Å². The maximum absolute atomic E-state index is 11.3. The van der Waals surface area contributed by atoms with E-state index in [-0.39, 0.29) is 31.8 Å². The molecule has 0 rings (SSSR count). The fourth-order valence-electron chi connectivity index (χ4n) is 1.07. The molecule has 0 saturated carbocycles. The summed E-state index contributed by atoms with van der Waals surface area (Å²) < 4.78 is 15.1. The standard InChI is InChI=1S/C12H21O6Si/c1-4-9(13)16-7-8(17-10(14)5-2)12(19)18-11(15)6-3/h8,12H,4-7,19H2,1-3H3. The van der Waals surface area contributed by atoms with Gasteiger partial charge in [-0.05, 0) is 0 Å². The molecule has 1 radical (unpaired) electrons. The van der Waals surface area contributed by atoms with Crippen LogP contribution in [0.2, 0.25) is 0 Å². The number of ether oxygens (including phenoxy) is 3. The van der Waals surface area contributed by atoms with E-state index in [9.17, 15) is 14.4 Å². The Hall–Kier alpha value is -1.37. The van der Waals surface area contributed by atoms with Crippen molar-refractivity contribution in [3.8, 4) is 0 Å². The maximum Gasteiger partial charge on any atom is 0.306 e. The zero-order chi connectivity index (χ0) is 14.8. The number of esters is 3. The molecule has 0 aliphatic heterocycles. The Kier molecular flexibility index (Phi) is 8.85. The lowest BCUT2D eigenvalue weighted by molar-refractivity contribution is -0.169. The van der Waals surface area contributed by atoms with E-state index >= 15 is 0 Å². The number of rotatable bonds is 8. The summed E-state index contributed by atoms with van der Waals surface area (Å²) in [5.41, 5.74) is -0.632. The normalized spacial score (nSPS) is 13.3. The molecule has 0 amide bonds. The predicted octanol–water partition coefficient (Wildman–Crippen LogP) is 0.174. The molecule has 0 spiro atoms. The van der Waals surface area contributed by atoms with Gasteiger partial charge >= 0.3 is 17.9 Å². The van der Waals surface area contributed by atoms with Gasteiger partial charge in [0.15, 0.2) is 6.10 Å². The van der Waals surface area contributed by atoms with Crippen LogP contribution in [-0.2, 0) is 28.6 Å². The van der Waals surface area contributed by atoms with Crippen LogP contribution in [0, 0.1) is 0 Å².